The van der Waals surface area contributed by atoms with Crippen LogP contribution in [0.25, 0.3) is 0 Å². The normalized spacial score (nSPS) is 13.1. The Hall–Kier alpha value is -0.220. The minimum absolute atomic E-state index is 0.213. The lowest BCUT2D eigenvalue weighted by Crippen LogP contribution is -2.21. The second-order valence-corrected chi connectivity index (χ2v) is 4.95. The van der Waals surface area contributed by atoms with Crippen LogP contribution in [0.4, 0.5) is 0 Å². The summed E-state index contributed by atoms with van der Waals surface area (Å²) in [4.78, 5) is 12.9. The van der Waals surface area contributed by atoms with Crippen LogP contribution in [-0.4, -0.2) is 47.6 Å². The minimum Gasteiger partial charge on any atom is -0.480 e. The third-order valence-electron chi connectivity index (χ3n) is 1.95. The van der Waals surface area contributed by atoms with Crippen LogP contribution >= 0.6 is 11.8 Å². The van der Waals surface area contributed by atoms with E-state index in [-0.39, 0.29) is 5.25 Å². The Kier molecular flexibility index (Phi) is 7.99. The van der Waals surface area contributed by atoms with E-state index in [0.29, 0.717) is 0 Å². The highest BCUT2D eigenvalue weighted by atomic mass is 32.2. The van der Waals surface area contributed by atoms with Crippen molar-refractivity contribution in [2.45, 2.75) is 31.4 Å². The van der Waals surface area contributed by atoms with E-state index in [4.69, 9.17) is 5.11 Å². The number of hydrogen-bond acceptors (Lipinski definition) is 3. The fourth-order valence-electron chi connectivity index (χ4n) is 1.05. The molecule has 0 rings (SSSR count). The molecule has 0 fully saturated rings. The highest BCUT2D eigenvalue weighted by Crippen LogP contribution is 2.17. The lowest BCUT2D eigenvalue weighted by atomic mass is 10.2. The summed E-state index contributed by atoms with van der Waals surface area (Å²) in [5.41, 5.74) is 0. The molecular weight excluding hydrogens is 198 g/mol. The first-order valence-electron chi connectivity index (χ1n) is 5.07. The molecule has 0 bridgehead atoms. The Morgan fingerprint density at radius 3 is 2.57 bits per heavy atom. The number of carboxylic acid groups (broad SMARTS) is 1. The quantitative estimate of drug-likeness (QED) is 0.677. The average Bonchev–Trinajstić information content (AvgIpc) is 2.09. The van der Waals surface area contributed by atoms with Crippen LogP contribution in [0.3, 0.4) is 0 Å². The van der Waals surface area contributed by atoms with Crippen molar-refractivity contribution in [3.8, 4) is 0 Å². The van der Waals surface area contributed by atoms with Crippen LogP contribution < -0.4 is 0 Å². The third-order valence-corrected chi connectivity index (χ3v) is 3.21. The van der Waals surface area contributed by atoms with Gasteiger partial charge >= 0.3 is 5.97 Å². The van der Waals surface area contributed by atoms with Crippen molar-refractivity contribution >= 4 is 17.7 Å². The molecule has 1 atom stereocenters. The van der Waals surface area contributed by atoms with Gasteiger partial charge in [-0.15, -0.1) is 11.8 Å². The highest BCUT2D eigenvalue weighted by molar-refractivity contribution is 8.00. The van der Waals surface area contributed by atoms with Gasteiger partial charge < -0.3 is 10.0 Å². The molecule has 0 heterocycles. The molecular formula is C10H21NO2S. The SMILES string of the molecule is CCCCC(SCCN(C)C)C(=O)O. The molecule has 0 aromatic carbocycles. The number of aliphatic carboxylic acids is 1. The van der Waals surface area contributed by atoms with Crippen molar-refractivity contribution in [3.05, 3.63) is 0 Å². The maximum absolute atomic E-state index is 10.8. The van der Waals surface area contributed by atoms with Crippen molar-refractivity contribution < 1.29 is 9.90 Å². The lowest BCUT2D eigenvalue weighted by Gasteiger charge is -2.13. The number of rotatable bonds is 8. The number of nitrogens with zero attached hydrogens (tertiary/aromatic N) is 1. The molecule has 0 amide bonds. The van der Waals surface area contributed by atoms with E-state index in [1.165, 1.54) is 0 Å². The van der Waals surface area contributed by atoms with Crippen molar-refractivity contribution in [1.82, 2.24) is 4.90 Å². The standard InChI is InChI=1S/C10H21NO2S/c1-4-5-6-9(10(12)13)14-8-7-11(2)3/h9H,4-8H2,1-3H3,(H,12,13). The van der Waals surface area contributed by atoms with Gasteiger partial charge in [0.15, 0.2) is 0 Å². The molecule has 0 radical (unpaired) electrons. The highest BCUT2D eigenvalue weighted by Gasteiger charge is 2.16. The van der Waals surface area contributed by atoms with Crippen LogP contribution in [0.1, 0.15) is 26.2 Å². The van der Waals surface area contributed by atoms with E-state index in [9.17, 15) is 4.79 Å². The fraction of sp³-hybridized carbons (Fsp3) is 0.900. The summed E-state index contributed by atoms with van der Waals surface area (Å²) < 4.78 is 0. The van der Waals surface area contributed by atoms with Crippen LogP contribution in [0, 0.1) is 0 Å². The van der Waals surface area contributed by atoms with Crippen LogP contribution in [-0.2, 0) is 4.79 Å². The lowest BCUT2D eigenvalue weighted by molar-refractivity contribution is -0.136. The van der Waals surface area contributed by atoms with Gasteiger partial charge in [0, 0.05) is 12.3 Å². The molecule has 1 unspecified atom stereocenters. The summed E-state index contributed by atoms with van der Waals surface area (Å²) in [6.45, 7) is 3.03. The van der Waals surface area contributed by atoms with Crippen molar-refractivity contribution in [2.75, 3.05) is 26.4 Å². The summed E-state index contributed by atoms with van der Waals surface area (Å²) in [6.07, 6.45) is 2.87. The van der Waals surface area contributed by atoms with Gasteiger partial charge in [-0.1, -0.05) is 19.8 Å². The van der Waals surface area contributed by atoms with Crippen molar-refractivity contribution in [2.24, 2.45) is 0 Å². The molecule has 84 valence electrons. The summed E-state index contributed by atoms with van der Waals surface area (Å²) in [6, 6.07) is 0. The smallest absolute Gasteiger partial charge is 0.316 e. The van der Waals surface area contributed by atoms with E-state index in [2.05, 4.69) is 11.8 Å². The van der Waals surface area contributed by atoms with Crippen LogP contribution in [0.2, 0.25) is 0 Å². The molecule has 0 aromatic heterocycles. The zero-order valence-corrected chi connectivity index (χ0v) is 10.1. The number of carbonyl (C=O) groups is 1. The zero-order valence-electron chi connectivity index (χ0n) is 9.32. The summed E-state index contributed by atoms with van der Waals surface area (Å²) in [5, 5.41) is 8.72. The number of thioether (sulfide) groups is 1. The number of hydrogen-bond donors (Lipinski definition) is 1. The Morgan fingerprint density at radius 2 is 2.14 bits per heavy atom. The molecule has 0 spiro atoms. The minimum atomic E-state index is -0.665. The first-order valence-corrected chi connectivity index (χ1v) is 6.12. The molecule has 0 aliphatic carbocycles. The maximum Gasteiger partial charge on any atom is 0.316 e. The van der Waals surface area contributed by atoms with Gasteiger partial charge in [0.25, 0.3) is 0 Å². The van der Waals surface area contributed by atoms with Crippen LogP contribution in [0.5, 0.6) is 0 Å². The van der Waals surface area contributed by atoms with Gasteiger partial charge in [0.1, 0.15) is 5.25 Å². The molecule has 14 heavy (non-hydrogen) atoms. The Morgan fingerprint density at radius 1 is 1.50 bits per heavy atom. The Bertz CT molecular complexity index is 162. The molecule has 0 aliphatic rings. The van der Waals surface area contributed by atoms with Gasteiger partial charge in [0.2, 0.25) is 0 Å². The largest absolute Gasteiger partial charge is 0.480 e. The fourth-order valence-corrected chi connectivity index (χ4v) is 2.28. The van der Waals surface area contributed by atoms with Gasteiger partial charge in [-0.2, -0.15) is 0 Å². The topological polar surface area (TPSA) is 40.5 Å². The predicted octanol–water partition coefficient (Wildman–Crippen LogP) is 1.92. The van der Waals surface area contributed by atoms with E-state index < -0.39 is 5.97 Å². The predicted molar refractivity (Wildman–Crippen MR) is 62.0 cm³/mol. The molecule has 0 aliphatic heterocycles. The second-order valence-electron chi connectivity index (χ2n) is 3.64. The maximum atomic E-state index is 10.8. The molecule has 0 saturated carbocycles. The molecule has 0 aromatic rings. The number of unbranched alkanes of at least 4 members (excludes halogenated alkanes) is 1. The molecule has 0 saturated heterocycles. The third kappa shape index (κ3) is 7.21. The first kappa shape index (κ1) is 13.8. The van der Waals surface area contributed by atoms with Gasteiger partial charge in [-0.25, -0.2) is 0 Å². The van der Waals surface area contributed by atoms with Crippen LogP contribution in [0.15, 0.2) is 0 Å². The van der Waals surface area contributed by atoms with Crippen molar-refractivity contribution in [1.29, 1.82) is 0 Å². The van der Waals surface area contributed by atoms with E-state index in [0.717, 1.165) is 31.6 Å². The van der Waals surface area contributed by atoms with E-state index in [1.54, 1.807) is 11.8 Å². The van der Waals surface area contributed by atoms with Crippen molar-refractivity contribution in [3.63, 3.8) is 0 Å². The van der Waals surface area contributed by atoms with Gasteiger partial charge in [0.05, 0.1) is 0 Å². The summed E-state index contributed by atoms with van der Waals surface area (Å²) in [5.74, 6) is 0.232. The van der Waals surface area contributed by atoms with E-state index in [1.807, 2.05) is 14.1 Å². The second kappa shape index (κ2) is 8.12. The summed E-state index contributed by atoms with van der Waals surface area (Å²) in [7, 11) is 4.00. The van der Waals surface area contributed by atoms with Gasteiger partial charge in [-0.3, -0.25) is 4.79 Å². The molecule has 3 nitrogen and oxygen atoms in total. The van der Waals surface area contributed by atoms with E-state index >= 15 is 0 Å². The zero-order chi connectivity index (χ0) is 11.0. The molecule has 1 N–H and O–H groups in total. The molecule has 4 heteroatoms. The summed E-state index contributed by atoms with van der Waals surface area (Å²) >= 11 is 1.56. The Balaban J connectivity index is 3.68. The first-order chi connectivity index (χ1) is 6.57. The average molecular weight is 219 g/mol. The Labute approximate surface area is 90.9 Å². The number of carboxylic acids is 1. The monoisotopic (exact) mass is 219 g/mol. The van der Waals surface area contributed by atoms with Gasteiger partial charge in [-0.05, 0) is 20.5 Å².